The monoisotopic (exact) mass is 330 g/mol. The van der Waals surface area contributed by atoms with E-state index >= 15 is 0 Å². The molecule has 2 unspecified atom stereocenters. The van der Waals surface area contributed by atoms with E-state index in [4.69, 9.17) is 23.2 Å². The van der Waals surface area contributed by atoms with E-state index in [0.29, 0.717) is 22.2 Å². The highest BCUT2D eigenvalue weighted by Crippen LogP contribution is 2.26. The highest BCUT2D eigenvalue weighted by Gasteiger charge is 2.34. The summed E-state index contributed by atoms with van der Waals surface area (Å²) in [5.41, 5.74) is 0.184. The molecule has 2 atom stereocenters. The molecule has 0 radical (unpaired) electrons. The molecule has 4 nitrogen and oxygen atoms in total. The highest BCUT2D eigenvalue weighted by molar-refractivity contribution is 6.34. The predicted molar refractivity (Wildman–Crippen MR) is 84.6 cm³/mol. The number of aliphatic hydroxyl groups excluding tert-OH is 1. The summed E-state index contributed by atoms with van der Waals surface area (Å²) in [7, 11) is 0. The van der Waals surface area contributed by atoms with Gasteiger partial charge >= 0.3 is 0 Å². The van der Waals surface area contributed by atoms with Crippen molar-refractivity contribution in [3.63, 3.8) is 0 Å². The van der Waals surface area contributed by atoms with Gasteiger partial charge in [0, 0.05) is 23.1 Å². The Balaban J connectivity index is 1.94. The van der Waals surface area contributed by atoms with Crippen LogP contribution >= 0.6 is 23.2 Å². The summed E-state index contributed by atoms with van der Waals surface area (Å²) in [6.07, 6.45) is 1.01. The highest BCUT2D eigenvalue weighted by atomic mass is 35.5. The van der Waals surface area contributed by atoms with E-state index in [0.717, 1.165) is 19.4 Å². The molecule has 1 fully saturated rings. The van der Waals surface area contributed by atoms with Gasteiger partial charge in [-0.2, -0.15) is 0 Å². The van der Waals surface area contributed by atoms with Crippen molar-refractivity contribution >= 4 is 29.1 Å². The van der Waals surface area contributed by atoms with E-state index in [1.807, 2.05) is 6.92 Å². The number of hydrogen-bond donors (Lipinski definition) is 3. The van der Waals surface area contributed by atoms with Gasteiger partial charge in [0.2, 0.25) is 5.91 Å². The maximum absolute atomic E-state index is 12.3. The first kappa shape index (κ1) is 16.6. The van der Waals surface area contributed by atoms with Gasteiger partial charge in [0.15, 0.2) is 0 Å². The molecule has 6 heteroatoms. The molecule has 1 aromatic rings. The van der Waals surface area contributed by atoms with Gasteiger partial charge in [-0.05, 0) is 50.1 Å². The fourth-order valence-electron chi connectivity index (χ4n) is 2.54. The van der Waals surface area contributed by atoms with E-state index in [1.54, 1.807) is 18.2 Å². The maximum atomic E-state index is 12.3. The second-order valence-corrected chi connectivity index (χ2v) is 6.64. The Bertz CT molecular complexity index is 496. The fourth-order valence-corrected chi connectivity index (χ4v) is 3.08. The summed E-state index contributed by atoms with van der Waals surface area (Å²) in [6.45, 7) is 3.70. The van der Waals surface area contributed by atoms with Crippen LogP contribution in [0.15, 0.2) is 18.2 Å². The van der Waals surface area contributed by atoms with Gasteiger partial charge < -0.3 is 15.7 Å². The van der Waals surface area contributed by atoms with Crippen LogP contribution in [0.25, 0.3) is 0 Å². The Morgan fingerprint density at radius 2 is 2.10 bits per heavy atom. The first-order valence-corrected chi connectivity index (χ1v) is 7.79. The van der Waals surface area contributed by atoms with Gasteiger partial charge in [-0.1, -0.05) is 23.2 Å². The van der Waals surface area contributed by atoms with Crippen molar-refractivity contribution in [1.82, 2.24) is 10.6 Å². The van der Waals surface area contributed by atoms with Crippen LogP contribution in [0.3, 0.4) is 0 Å². The molecule has 21 heavy (non-hydrogen) atoms. The lowest BCUT2D eigenvalue weighted by atomic mass is 9.82. The lowest BCUT2D eigenvalue weighted by molar-refractivity contribution is -0.131. The normalized spacial score (nSPS) is 23.6. The number of halogens is 2. The van der Waals surface area contributed by atoms with Crippen LogP contribution in [0.4, 0.5) is 0 Å². The number of carbonyl (C=O) groups excluding carboxylic acids is 1. The zero-order chi connectivity index (χ0) is 15.5. The van der Waals surface area contributed by atoms with Crippen LogP contribution in [0, 0.1) is 5.41 Å². The Morgan fingerprint density at radius 3 is 2.67 bits per heavy atom. The zero-order valence-corrected chi connectivity index (χ0v) is 13.5. The molecule has 1 saturated heterocycles. The summed E-state index contributed by atoms with van der Waals surface area (Å²) in [6, 6.07) is 4.90. The molecule has 116 valence electrons. The molecule has 1 aromatic carbocycles. The molecule has 0 bridgehead atoms. The lowest BCUT2D eigenvalue weighted by Gasteiger charge is -2.33. The Hall–Kier alpha value is -0.810. The molecule has 1 aliphatic rings. The van der Waals surface area contributed by atoms with Crippen LogP contribution in [-0.4, -0.2) is 30.6 Å². The van der Waals surface area contributed by atoms with Crippen molar-refractivity contribution in [2.45, 2.75) is 25.9 Å². The Labute approximate surface area is 134 Å². The number of rotatable bonds is 4. The SMILES string of the molecule is CC1(C(=O)NCC(O)c2cc(Cl)cc(Cl)c2)CCCNC1. The minimum atomic E-state index is -0.828. The number of aliphatic hydroxyl groups is 1. The van der Waals surface area contributed by atoms with Crippen molar-refractivity contribution in [1.29, 1.82) is 0 Å². The summed E-state index contributed by atoms with van der Waals surface area (Å²) < 4.78 is 0. The number of hydrogen-bond acceptors (Lipinski definition) is 3. The van der Waals surface area contributed by atoms with Crippen LogP contribution in [0.2, 0.25) is 10.0 Å². The topological polar surface area (TPSA) is 61.4 Å². The number of nitrogens with one attached hydrogen (secondary N) is 2. The van der Waals surface area contributed by atoms with E-state index in [-0.39, 0.29) is 12.5 Å². The molecule has 0 aliphatic carbocycles. The minimum Gasteiger partial charge on any atom is -0.387 e. The summed E-state index contributed by atoms with van der Waals surface area (Å²) >= 11 is 11.8. The molecule has 3 N–H and O–H groups in total. The number of carbonyl (C=O) groups is 1. The second-order valence-electron chi connectivity index (χ2n) is 5.77. The Morgan fingerprint density at radius 1 is 1.43 bits per heavy atom. The van der Waals surface area contributed by atoms with E-state index in [2.05, 4.69) is 10.6 Å². The van der Waals surface area contributed by atoms with Crippen molar-refractivity contribution in [2.75, 3.05) is 19.6 Å². The summed E-state index contributed by atoms with van der Waals surface area (Å²) in [5, 5.41) is 17.1. The van der Waals surface area contributed by atoms with E-state index < -0.39 is 11.5 Å². The van der Waals surface area contributed by atoms with Gasteiger partial charge in [-0.25, -0.2) is 0 Å². The third kappa shape index (κ3) is 4.33. The molecule has 1 aliphatic heterocycles. The van der Waals surface area contributed by atoms with Crippen LogP contribution in [0.1, 0.15) is 31.4 Å². The molecular weight excluding hydrogens is 311 g/mol. The lowest BCUT2D eigenvalue weighted by Crippen LogP contribution is -2.49. The molecular formula is C15H20Cl2N2O2. The average Bonchev–Trinajstić information content (AvgIpc) is 2.44. The van der Waals surface area contributed by atoms with Gasteiger partial charge in [-0.3, -0.25) is 4.79 Å². The van der Waals surface area contributed by atoms with Crippen molar-refractivity contribution < 1.29 is 9.90 Å². The molecule has 0 aromatic heterocycles. The largest absolute Gasteiger partial charge is 0.387 e. The van der Waals surface area contributed by atoms with Crippen LogP contribution in [-0.2, 0) is 4.79 Å². The molecule has 1 amide bonds. The molecule has 0 saturated carbocycles. The smallest absolute Gasteiger partial charge is 0.227 e. The maximum Gasteiger partial charge on any atom is 0.227 e. The van der Waals surface area contributed by atoms with Crippen molar-refractivity contribution in [3.05, 3.63) is 33.8 Å². The standard InChI is InChI=1S/C15H20Cl2N2O2/c1-15(3-2-4-18-9-15)14(21)19-8-13(20)10-5-11(16)7-12(17)6-10/h5-7,13,18,20H,2-4,8-9H2,1H3,(H,19,21). The van der Waals surface area contributed by atoms with Gasteiger partial charge in [-0.15, -0.1) is 0 Å². The average molecular weight is 331 g/mol. The number of amides is 1. The third-order valence-electron chi connectivity index (χ3n) is 3.87. The number of piperidine rings is 1. The first-order chi connectivity index (χ1) is 9.90. The second kappa shape index (κ2) is 6.97. The summed E-state index contributed by atoms with van der Waals surface area (Å²) in [5.74, 6) is -0.0399. The molecule has 2 rings (SSSR count). The minimum absolute atomic E-state index is 0.0399. The summed E-state index contributed by atoms with van der Waals surface area (Å²) in [4.78, 5) is 12.3. The quantitative estimate of drug-likeness (QED) is 0.795. The predicted octanol–water partition coefficient (Wildman–Crippen LogP) is 2.53. The van der Waals surface area contributed by atoms with Gasteiger partial charge in [0.1, 0.15) is 0 Å². The van der Waals surface area contributed by atoms with E-state index in [9.17, 15) is 9.90 Å². The zero-order valence-electron chi connectivity index (χ0n) is 12.0. The molecule has 1 heterocycles. The first-order valence-electron chi connectivity index (χ1n) is 7.04. The third-order valence-corrected chi connectivity index (χ3v) is 4.31. The Kier molecular flexibility index (Phi) is 5.49. The van der Waals surface area contributed by atoms with Gasteiger partial charge in [0.05, 0.1) is 11.5 Å². The van der Waals surface area contributed by atoms with Crippen molar-refractivity contribution in [3.8, 4) is 0 Å². The van der Waals surface area contributed by atoms with Crippen LogP contribution in [0.5, 0.6) is 0 Å². The van der Waals surface area contributed by atoms with Crippen LogP contribution < -0.4 is 10.6 Å². The van der Waals surface area contributed by atoms with Crippen molar-refractivity contribution in [2.24, 2.45) is 5.41 Å². The number of benzene rings is 1. The van der Waals surface area contributed by atoms with E-state index in [1.165, 1.54) is 0 Å². The molecule has 0 spiro atoms. The fraction of sp³-hybridized carbons (Fsp3) is 0.533. The van der Waals surface area contributed by atoms with Gasteiger partial charge in [0.25, 0.3) is 0 Å².